The van der Waals surface area contributed by atoms with E-state index in [-0.39, 0.29) is 22.0 Å². The van der Waals surface area contributed by atoms with E-state index in [0.29, 0.717) is 0 Å². The Hall–Kier alpha value is -1.86. The fraction of sp³-hybridized carbons (Fsp3) is 0.167. The Bertz CT molecular complexity index is 582. The monoisotopic (exact) mass is 306 g/mol. The zero-order valence-electron chi connectivity index (χ0n) is 10.4. The SMILES string of the molecule is C/C([NH2+]c1cc(C(F)(F)F)ccc1Cl)=C(/C=N)C(N)=O. The van der Waals surface area contributed by atoms with Gasteiger partial charge in [0.15, 0.2) is 5.69 Å². The third kappa shape index (κ3) is 3.82. The number of amides is 1. The van der Waals surface area contributed by atoms with E-state index in [0.717, 1.165) is 24.4 Å². The van der Waals surface area contributed by atoms with Gasteiger partial charge in [0.2, 0.25) is 0 Å². The molecule has 0 aliphatic heterocycles. The van der Waals surface area contributed by atoms with Crippen molar-refractivity contribution in [2.45, 2.75) is 13.1 Å². The van der Waals surface area contributed by atoms with Crippen LogP contribution in [-0.4, -0.2) is 12.1 Å². The van der Waals surface area contributed by atoms with E-state index in [2.05, 4.69) is 0 Å². The Morgan fingerprint density at radius 3 is 2.50 bits per heavy atom. The number of hydrogen-bond acceptors (Lipinski definition) is 2. The summed E-state index contributed by atoms with van der Waals surface area (Å²) in [5, 5.41) is 8.45. The summed E-state index contributed by atoms with van der Waals surface area (Å²) in [6, 6.07) is 2.86. The molecule has 0 fully saturated rings. The molecule has 0 aromatic heterocycles. The number of rotatable bonds is 4. The fourth-order valence-electron chi connectivity index (χ4n) is 1.52. The van der Waals surface area contributed by atoms with E-state index in [9.17, 15) is 18.0 Å². The molecule has 1 amide bonds. The first kappa shape index (κ1) is 16.2. The highest BCUT2D eigenvalue weighted by Crippen LogP contribution is 2.32. The van der Waals surface area contributed by atoms with Crippen LogP contribution < -0.4 is 11.1 Å². The number of quaternary nitrogens is 1. The zero-order chi connectivity index (χ0) is 15.5. The molecule has 0 atom stereocenters. The summed E-state index contributed by atoms with van der Waals surface area (Å²) in [5.74, 6) is -0.836. The molecule has 0 unspecified atom stereocenters. The summed E-state index contributed by atoms with van der Waals surface area (Å²) >= 11 is 5.82. The summed E-state index contributed by atoms with van der Waals surface area (Å²) in [4.78, 5) is 11.1. The molecule has 108 valence electrons. The summed E-state index contributed by atoms with van der Waals surface area (Å²) < 4.78 is 37.8. The average Bonchev–Trinajstić information content (AvgIpc) is 2.30. The molecule has 5 N–H and O–H groups in total. The van der Waals surface area contributed by atoms with Gasteiger partial charge in [0.25, 0.3) is 5.91 Å². The first-order valence-electron chi connectivity index (χ1n) is 5.39. The van der Waals surface area contributed by atoms with E-state index in [4.69, 9.17) is 22.7 Å². The van der Waals surface area contributed by atoms with E-state index < -0.39 is 17.6 Å². The minimum atomic E-state index is -4.49. The third-order valence-corrected chi connectivity index (χ3v) is 2.87. The molecule has 20 heavy (non-hydrogen) atoms. The van der Waals surface area contributed by atoms with Crippen LogP contribution in [0.25, 0.3) is 0 Å². The van der Waals surface area contributed by atoms with E-state index >= 15 is 0 Å². The maximum Gasteiger partial charge on any atom is 0.416 e. The van der Waals surface area contributed by atoms with E-state index in [1.807, 2.05) is 0 Å². The number of halogens is 4. The van der Waals surface area contributed by atoms with Gasteiger partial charge in [-0.05, 0) is 12.1 Å². The number of nitrogens with one attached hydrogen (secondary N) is 1. The maximum atomic E-state index is 12.6. The van der Waals surface area contributed by atoms with Crippen molar-refractivity contribution in [2.75, 3.05) is 0 Å². The van der Waals surface area contributed by atoms with Gasteiger partial charge in [-0.2, -0.15) is 13.2 Å². The summed E-state index contributed by atoms with van der Waals surface area (Å²) in [6.07, 6.45) is -3.74. The van der Waals surface area contributed by atoms with Crippen LogP contribution in [0.4, 0.5) is 18.9 Å². The first-order valence-corrected chi connectivity index (χ1v) is 5.77. The number of hydrogen-bond donors (Lipinski definition) is 3. The average molecular weight is 307 g/mol. The number of alkyl halides is 3. The van der Waals surface area contributed by atoms with Gasteiger partial charge < -0.3 is 11.1 Å². The molecule has 0 spiro atoms. The maximum absolute atomic E-state index is 12.6. The van der Waals surface area contributed by atoms with Crippen LogP contribution in [0.15, 0.2) is 29.5 Å². The Morgan fingerprint density at radius 2 is 2.05 bits per heavy atom. The molecule has 4 nitrogen and oxygen atoms in total. The van der Waals surface area contributed by atoms with Crippen molar-refractivity contribution < 1.29 is 23.3 Å². The highest BCUT2D eigenvalue weighted by atomic mass is 35.5. The smallest absolute Gasteiger partial charge is 0.365 e. The lowest BCUT2D eigenvalue weighted by molar-refractivity contribution is -0.517. The number of benzene rings is 1. The predicted molar refractivity (Wildman–Crippen MR) is 68.7 cm³/mol. The van der Waals surface area contributed by atoms with Crippen molar-refractivity contribution in [2.24, 2.45) is 5.73 Å². The molecule has 0 aliphatic carbocycles. The highest BCUT2D eigenvalue weighted by molar-refractivity contribution is 6.32. The van der Waals surface area contributed by atoms with Gasteiger partial charge in [0.05, 0.1) is 5.56 Å². The molecule has 0 radical (unpaired) electrons. The van der Waals surface area contributed by atoms with Crippen LogP contribution in [0.2, 0.25) is 5.02 Å². The fourth-order valence-corrected chi connectivity index (χ4v) is 1.69. The predicted octanol–water partition coefficient (Wildman–Crippen LogP) is 1.96. The van der Waals surface area contributed by atoms with Gasteiger partial charge in [-0.25, -0.2) is 0 Å². The lowest BCUT2D eigenvalue weighted by Crippen LogP contribution is -2.76. The number of carbonyl (C=O) groups is 1. The quantitative estimate of drug-likeness (QED) is 0.443. The Kier molecular flexibility index (Phi) is 4.91. The Morgan fingerprint density at radius 1 is 1.45 bits per heavy atom. The van der Waals surface area contributed by atoms with Crippen molar-refractivity contribution in [1.29, 1.82) is 5.41 Å². The molecule has 1 rings (SSSR count). The first-order chi connectivity index (χ1) is 9.16. The number of primary amides is 1. The molecular weight excluding hydrogens is 295 g/mol. The molecule has 1 aromatic carbocycles. The van der Waals surface area contributed by atoms with Crippen molar-refractivity contribution in [3.63, 3.8) is 0 Å². The van der Waals surface area contributed by atoms with Crippen LogP contribution in [0, 0.1) is 5.41 Å². The van der Waals surface area contributed by atoms with Crippen LogP contribution in [0.5, 0.6) is 0 Å². The topological polar surface area (TPSA) is 83.6 Å². The second kappa shape index (κ2) is 6.06. The second-order valence-electron chi connectivity index (χ2n) is 3.98. The van der Waals surface area contributed by atoms with Crippen LogP contribution >= 0.6 is 11.6 Å². The number of nitrogens with two attached hydrogens (primary N) is 2. The highest BCUT2D eigenvalue weighted by Gasteiger charge is 2.31. The van der Waals surface area contributed by atoms with Crippen molar-refractivity contribution in [1.82, 2.24) is 0 Å². The van der Waals surface area contributed by atoms with Gasteiger partial charge in [0.1, 0.15) is 16.3 Å². The second-order valence-corrected chi connectivity index (χ2v) is 4.39. The minimum Gasteiger partial charge on any atom is -0.365 e. The number of allylic oxidation sites excluding steroid dienone is 1. The Labute approximate surface area is 117 Å². The van der Waals surface area contributed by atoms with E-state index in [1.165, 1.54) is 12.2 Å². The van der Waals surface area contributed by atoms with Gasteiger partial charge in [-0.15, -0.1) is 0 Å². The standard InChI is InChI=1S/C12H11ClF3N3O/c1-6(8(5-17)11(18)20)19-10-4-7(12(14,15)16)2-3-9(10)13/h2-5,17,19H,1H3,(H2,18,20)/p+1/b8-6+,17-5?. The number of carbonyl (C=O) groups excluding carboxylic acids is 1. The van der Waals surface area contributed by atoms with Crippen molar-refractivity contribution >= 4 is 29.4 Å². The third-order valence-electron chi connectivity index (χ3n) is 2.53. The molecule has 0 heterocycles. The van der Waals surface area contributed by atoms with Crippen molar-refractivity contribution in [3.8, 4) is 0 Å². The van der Waals surface area contributed by atoms with Crippen LogP contribution in [0.3, 0.4) is 0 Å². The van der Waals surface area contributed by atoms with Crippen LogP contribution in [0.1, 0.15) is 12.5 Å². The molecule has 0 bridgehead atoms. The molecule has 0 saturated heterocycles. The molecule has 0 saturated carbocycles. The van der Waals surface area contributed by atoms with Crippen molar-refractivity contribution in [3.05, 3.63) is 40.1 Å². The molecular formula is C12H12ClF3N3O+. The van der Waals surface area contributed by atoms with Gasteiger partial charge in [-0.3, -0.25) is 10.1 Å². The van der Waals surface area contributed by atoms with Crippen LogP contribution in [-0.2, 0) is 11.0 Å². The van der Waals surface area contributed by atoms with E-state index in [1.54, 1.807) is 0 Å². The lowest BCUT2D eigenvalue weighted by atomic mass is 10.1. The molecule has 1 aromatic rings. The lowest BCUT2D eigenvalue weighted by Gasteiger charge is -2.09. The summed E-state index contributed by atoms with van der Waals surface area (Å²) in [6.45, 7) is 1.46. The molecule has 0 aliphatic rings. The summed E-state index contributed by atoms with van der Waals surface area (Å²) in [7, 11) is 0. The van der Waals surface area contributed by atoms with Gasteiger partial charge in [-0.1, -0.05) is 11.6 Å². The Balaban J connectivity index is 3.21. The summed E-state index contributed by atoms with van der Waals surface area (Å²) in [5.41, 5.74) is 4.46. The molecule has 8 heteroatoms. The van der Waals surface area contributed by atoms with Gasteiger partial charge >= 0.3 is 6.18 Å². The zero-order valence-corrected chi connectivity index (χ0v) is 11.1. The normalized spacial score (nSPS) is 12.8. The minimum absolute atomic E-state index is 0.0968. The largest absolute Gasteiger partial charge is 0.416 e. The van der Waals surface area contributed by atoms with Gasteiger partial charge in [0, 0.05) is 19.2 Å².